The van der Waals surface area contributed by atoms with E-state index in [1.54, 1.807) is 16.8 Å². The summed E-state index contributed by atoms with van der Waals surface area (Å²) in [7, 11) is 0. The molecule has 1 aromatic heterocycles. The Hall–Kier alpha value is -3.15. The van der Waals surface area contributed by atoms with Crippen molar-refractivity contribution in [3.63, 3.8) is 0 Å². The Bertz CT molecular complexity index is 1020. The van der Waals surface area contributed by atoms with E-state index < -0.39 is 0 Å². The molecule has 0 radical (unpaired) electrons. The van der Waals surface area contributed by atoms with Crippen LogP contribution < -0.4 is 4.74 Å². The second-order valence-corrected chi connectivity index (χ2v) is 7.76. The van der Waals surface area contributed by atoms with E-state index in [0.29, 0.717) is 30.2 Å². The van der Waals surface area contributed by atoms with Crippen molar-refractivity contribution in [1.82, 2.24) is 14.7 Å². The third-order valence-electron chi connectivity index (χ3n) is 5.49. The van der Waals surface area contributed by atoms with Gasteiger partial charge in [-0.05, 0) is 69.5 Å². The third-order valence-corrected chi connectivity index (χ3v) is 5.49. The Kier molecular flexibility index (Phi) is 5.84. The Morgan fingerprint density at radius 2 is 1.70 bits per heavy atom. The zero-order valence-corrected chi connectivity index (χ0v) is 17.4. The van der Waals surface area contributed by atoms with E-state index in [1.807, 2.05) is 43.0 Å². The van der Waals surface area contributed by atoms with Crippen LogP contribution in [-0.4, -0.2) is 33.7 Å². The number of ether oxygens (including phenoxy) is 1. The SMILES string of the molecule is Cc1ccc(Oc2c(CCC(=O)N3CCCC3)c(C)nn2-c2ccc(F)cc2)cc1. The Morgan fingerprint density at radius 1 is 1.03 bits per heavy atom. The summed E-state index contributed by atoms with van der Waals surface area (Å²) in [6, 6.07) is 13.9. The first-order chi connectivity index (χ1) is 14.5. The molecule has 0 spiro atoms. The van der Waals surface area contributed by atoms with E-state index in [2.05, 4.69) is 5.10 Å². The number of carbonyl (C=O) groups excluding carboxylic acids is 1. The number of aromatic nitrogens is 2. The molecule has 1 fully saturated rings. The smallest absolute Gasteiger partial charge is 0.226 e. The number of amides is 1. The summed E-state index contributed by atoms with van der Waals surface area (Å²) in [5.74, 6) is 1.12. The van der Waals surface area contributed by atoms with Crippen LogP contribution in [0.3, 0.4) is 0 Å². The van der Waals surface area contributed by atoms with Crippen LogP contribution >= 0.6 is 0 Å². The van der Waals surface area contributed by atoms with Crippen molar-refractivity contribution < 1.29 is 13.9 Å². The van der Waals surface area contributed by atoms with E-state index in [9.17, 15) is 9.18 Å². The maximum absolute atomic E-state index is 13.4. The number of likely N-dealkylation sites (tertiary alicyclic amines) is 1. The lowest BCUT2D eigenvalue weighted by Gasteiger charge is -2.15. The molecule has 2 aromatic carbocycles. The average molecular weight is 407 g/mol. The molecule has 1 amide bonds. The molecule has 0 atom stereocenters. The molecule has 1 aliphatic heterocycles. The van der Waals surface area contributed by atoms with Crippen LogP contribution in [0.4, 0.5) is 4.39 Å². The van der Waals surface area contributed by atoms with E-state index in [1.165, 1.54) is 12.1 Å². The van der Waals surface area contributed by atoms with Crippen molar-refractivity contribution in [1.29, 1.82) is 0 Å². The number of rotatable bonds is 6. The first-order valence-corrected chi connectivity index (χ1v) is 10.4. The van der Waals surface area contributed by atoms with Crippen LogP contribution in [0.5, 0.6) is 11.6 Å². The first kappa shape index (κ1) is 20.1. The zero-order chi connectivity index (χ0) is 21.1. The molecule has 5 nitrogen and oxygen atoms in total. The van der Waals surface area contributed by atoms with Crippen LogP contribution in [0.25, 0.3) is 5.69 Å². The van der Waals surface area contributed by atoms with Crippen LogP contribution in [0, 0.1) is 19.7 Å². The van der Waals surface area contributed by atoms with Gasteiger partial charge in [-0.1, -0.05) is 17.7 Å². The fourth-order valence-corrected chi connectivity index (χ4v) is 3.76. The quantitative estimate of drug-likeness (QED) is 0.579. The maximum Gasteiger partial charge on any atom is 0.226 e. The average Bonchev–Trinajstić information content (AvgIpc) is 3.38. The number of hydrogen-bond donors (Lipinski definition) is 0. The molecule has 0 N–H and O–H groups in total. The minimum atomic E-state index is -0.305. The third kappa shape index (κ3) is 4.37. The van der Waals surface area contributed by atoms with Gasteiger partial charge in [0.25, 0.3) is 0 Å². The van der Waals surface area contributed by atoms with Crippen molar-refractivity contribution in [3.05, 3.63) is 71.2 Å². The first-order valence-electron chi connectivity index (χ1n) is 10.4. The minimum Gasteiger partial charge on any atom is -0.439 e. The largest absolute Gasteiger partial charge is 0.439 e. The van der Waals surface area contributed by atoms with Gasteiger partial charge in [0.15, 0.2) is 0 Å². The molecule has 0 unspecified atom stereocenters. The van der Waals surface area contributed by atoms with Crippen LogP contribution in [0.2, 0.25) is 0 Å². The predicted molar refractivity (Wildman–Crippen MR) is 114 cm³/mol. The van der Waals surface area contributed by atoms with Crippen molar-refractivity contribution in [2.45, 2.75) is 39.5 Å². The molecule has 1 saturated heterocycles. The van der Waals surface area contributed by atoms with Gasteiger partial charge in [0.2, 0.25) is 11.8 Å². The highest BCUT2D eigenvalue weighted by molar-refractivity contribution is 5.76. The van der Waals surface area contributed by atoms with E-state index in [4.69, 9.17) is 4.74 Å². The van der Waals surface area contributed by atoms with Gasteiger partial charge < -0.3 is 9.64 Å². The number of benzene rings is 2. The Morgan fingerprint density at radius 3 is 2.37 bits per heavy atom. The fraction of sp³-hybridized carbons (Fsp3) is 0.333. The summed E-state index contributed by atoms with van der Waals surface area (Å²) in [5.41, 5.74) is 3.55. The summed E-state index contributed by atoms with van der Waals surface area (Å²) in [4.78, 5) is 14.5. The molecule has 2 heterocycles. The Balaban J connectivity index is 1.65. The lowest BCUT2D eigenvalue weighted by Crippen LogP contribution is -2.27. The van der Waals surface area contributed by atoms with E-state index in [0.717, 1.165) is 42.8 Å². The van der Waals surface area contributed by atoms with Gasteiger partial charge in [-0.25, -0.2) is 9.07 Å². The maximum atomic E-state index is 13.4. The number of halogens is 1. The van der Waals surface area contributed by atoms with Crippen molar-refractivity contribution >= 4 is 5.91 Å². The van der Waals surface area contributed by atoms with E-state index in [-0.39, 0.29) is 11.7 Å². The summed E-state index contributed by atoms with van der Waals surface area (Å²) in [6.07, 6.45) is 3.12. The van der Waals surface area contributed by atoms with Gasteiger partial charge >= 0.3 is 0 Å². The fourth-order valence-electron chi connectivity index (χ4n) is 3.76. The molecule has 6 heteroatoms. The molecular formula is C24H26FN3O2. The van der Waals surface area contributed by atoms with Crippen LogP contribution in [-0.2, 0) is 11.2 Å². The van der Waals surface area contributed by atoms with E-state index >= 15 is 0 Å². The topological polar surface area (TPSA) is 47.4 Å². The molecule has 156 valence electrons. The lowest BCUT2D eigenvalue weighted by atomic mass is 10.1. The molecule has 0 bridgehead atoms. The lowest BCUT2D eigenvalue weighted by molar-refractivity contribution is -0.130. The Labute approximate surface area is 176 Å². The second kappa shape index (κ2) is 8.69. The zero-order valence-electron chi connectivity index (χ0n) is 17.4. The van der Waals surface area contributed by atoms with Gasteiger partial charge in [-0.15, -0.1) is 0 Å². The predicted octanol–water partition coefficient (Wildman–Crippen LogP) is 4.98. The summed E-state index contributed by atoms with van der Waals surface area (Å²) < 4.78 is 21.4. The van der Waals surface area contributed by atoms with Crippen molar-refractivity contribution in [2.75, 3.05) is 13.1 Å². The van der Waals surface area contributed by atoms with Gasteiger partial charge in [0, 0.05) is 25.1 Å². The summed E-state index contributed by atoms with van der Waals surface area (Å²) >= 11 is 0. The van der Waals surface area contributed by atoms with Crippen LogP contribution in [0.1, 0.15) is 36.1 Å². The molecule has 3 aromatic rings. The van der Waals surface area contributed by atoms with Crippen molar-refractivity contribution in [2.24, 2.45) is 0 Å². The normalized spacial score (nSPS) is 13.6. The highest BCUT2D eigenvalue weighted by Gasteiger charge is 2.22. The van der Waals surface area contributed by atoms with Crippen LogP contribution in [0.15, 0.2) is 48.5 Å². The minimum absolute atomic E-state index is 0.169. The summed E-state index contributed by atoms with van der Waals surface area (Å²) in [5, 5.41) is 4.64. The van der Waals surface area contributed by atoms with Crippen molar-refractivity contribution in [3.8, 4) is 17.3 Å². The number of aryl methyl sites for hydroxylation is 2. The molecule has 0 saturated carbocycles. The molecule has 1 aliphatic rings. The molecule has 4 rings (SSSR count). The highest BCUT2D eigenvalue weighted by Crippen LogP contribution is 2.32. The number of hydrogen-bond acceptors (Lipinski definition) is 3. The van der Waals surface area contributed by atoms with Gasteiger partial charge in [0.05, 0.1) is 11.4 Å². The highest BCUT2D eigenvalue weighted by atomic mass is 19.1. The monoisotopic (exact) mass is 407 g/mol. The molecular weight excluding hydrogens is 381 g/mol. The second-order valence-electron chi connectivity index (χ2n) is 7.76. The van der Waals surface area contributed by atoms with Gasteiger partial charge in [-0.2, -0.15) is 5.10 Å². The molecule has 0 aliphatic carbocycles. The standard InChI is InChI=1S/C24H26FN3O2/c1-17-5-11-21(12-6-17)30-24-22(13-14-23(29)27-15-3-4-16-27)18(2)26-28(24)20-9-7-19(25)8-10-20/h5-12H,3-4,13-16H2,1-2H3. The number of carbonyl (C=O) groups is 1. The summed E-state index contributed by atoms with van der Waals surface area (Å²) in [6.45, 7) is 5.63. The number of nitrogens with zero attached hydrogens (tertiary/aromatic N) is 3. The molecule has 30 heavy (non-hydrogen) atoms. The van der Waals surface area contributed by atoms with Gasteiger partial charge in [-0.3, -0.25) is 4.79 Å². The van der Waals surface area contributed by atoms with Gasteiger partial charge in [0.1, 0.15) is 11.6 Å².